The number of unbranched alkanes of at least 4 members (excludes halogenated alkanes) is 36. The smallest absolute Gasteiger partial charge is 0.306 e. The number of hydrogen-bond acceptors (Lipinski definition) is 6. The van der Waals surface area contributed by atoms with Gasteiger partial charge in [-0.2, -0.15) is 0 Å². The van der Waals surface area contributed by atoms with Crippen molar-refractivity contribution >= 4 is 17.9 Å². The van der Waals surface area contributed by atoms with E-state index in [0.29, 0.717) is 19.3 Å². The second-order valence-electron chi connectivity index (χ2n) is 20.9. The molecule has 6 nitrogen and oxygen atoms in total. The number of allylic oxidation sites excluding steroid dienone is 10. The Kier molecular flexibility index (Phi) is 58.2. The fourth-order valence-corrected chi connectivity index (χ4v) is 9.06. The van der Waals surface area contributed by atoms with Gasteiger partial charge in [0.1, 0.15) is 13.2 Å². The topological polar surface area (TPSA) is 78.9 Å². The third-order valence-corrected chi connectivity index (χ3v) is 13.8. The molecule has 0 fully saturated rings. The van der Waals surface area contributed by atoms with Crippen LogP contribution < -0.4 is 0 Å². The van der Waals surface area contributed by atoms with Gasteiger partial charge in [0.05, 0.1) is 0 Å². The maximum absolute atomic E-state index is 12.8. The van der Waals surface area contributed by atoms with Crippen LogP contribution in [0.1, 0.15) is 323 Å². The van der Waals surface area contributed by atoms with E-state index in [1.807, 2.05) is 0 Å². The van der Waals surface area contributed by atoms with Gasteiger partial charge >= 0.3 is 17.9 Å². The van der Waals surface area contributed by atoms with E-state index in [9.17, 15) is 14.4 Å². The first-order chi connectivity index (χ1) is 35.5. The second-order valence-corrected chi connectivity index (χ2v) is 20.9. The van der Waals surface area contributed by atoms with Crippen LogP contribution in [0.15, 0.2) is 60.8 Å². The van der Waals surface area contributed by atoms with Gasteiger partial charge in [0.25, 0.3) is 0 Å². The van der Waals surface area contributed by atoms with Gasteiger partial charge < -0.3 is 14.2 Å². The summed E-state index contributed by atoms with van der Waals surface area (Å²) >= 11 is 0. The SMILES string of the molecule is CC/C=C\C/C=C\C/C=C\C/C=C\CCCCCCCCCCCCCCCCCCCCCCCCC(=O)OCC(COC(=O)CCCCCCCCCC)OC(=O)CCCCCCC/C=C\CCCC. The molecule has 0 rings (SSSR count). The number of carbonyl (C=O) groups is 3. The van der Waals surface area contributed by atoms with Crippen molar-refractivity contribution in [3.05, 3.63) is 60.8 Å². The Bertz CT molecular complexity index is 1290. The largest absolute Gasteiger partial charge is 0.462 e. The molecule has 0 saturated carbocycles. The predicted molar refractivity (Wildman–Crippen MR) is 312 cm³/mol. The quantitative estimate of drug-likeness (QED) is 0.0261. The molecule has 0 aromatic carbocycles. The van der Waals surface area contributed by atoms with Crippen molar-refractivity contribution in [1.82, 2.24) is 0 Å². The average molecular weight is 1010 g/mol. The van der Waals surface area contributed by atoms with Gasteiger partial charge in [0, 0.05) is 19.3 Å². The average Bonchev–Trinajstić information content (AvgIpc) is 3.38. The van der Waals surface area contributed by atoms with Crippen molar-refractivity contribution < 1.29 is 28.6 Å². The van der Waals surface area contributed by atoms with Gasteiger partial charge in [-0.25, -0.2) is 0 Å². The molecule has 0 aromatic heterocycles. The van der Waals surface area contributed by atoms with Crippen molar-refractivity contribution in [3.8, 4) is 0 Å². The van der Waals surface area contributed by atoms with Crippen molar-refractivity contribution in [3.63, 3.8) is 0 Å². The summed E-state index contributed by atoms with van der Waals surface area (Å²) in [4.78, 5) is 37.9. The molecule has 0 radical (unpaired) electrons. The Hall–Kier alpha value is -2.89. The van der Waals surface area contributed by atoms with E-state index in [1.165, 1.54) is 186 Å². The van der Waals surface area contributed by atoms with E-state index in [2.05, 4.69) is 81.5 Å². The normalized spacial score (nSPS) is 12.4. The van der Waals surface area contributed by atoms with Crippen molar-refractivity contribution in [1.29, 1.82) is 0 Å². The monoisotopic (exact) mass is 1010 g/mol. The second kappa shape index (κ2) is 60.7. The van der Waals surface area contributed by atoms with E-state index in [-0.39, 0.29) is 31.1 Å². The molecule has 72 heavy (non-hydrogen) atoms. The molecule has 0 spiro atoms. The highest BCUT2D eigenvalue weighted by molar-refractivity contribution is 5.71. The first-order valence-corrected chi connectivity index (χ1v) is 31.3. The molecule has 0 heterocycles. The first-order valence-electron chi connectivity index (χ1n) is 31.3. The highest BCUT2D eigenvalue weighted by Gasteiger charge is 2.19. The molecule has 0 aromatic rings. The molecule has 0 aliphatic heterocycles. The Morgan fingerprint density at radius 1 is 0.292 bits per heavy atom. The van der Waals surface area contributed by atoms with Crippen LogP contribution in [-0.2, 0) is 28.6 Å². The number of ether oxygens (including phenoxy) is 3. The van der Waals surface area contributed by atoms with Crippen LogP contribution in [0.25, 0.3) is 0 Å². The first kappa shape index (κ1) is 69.1. The van der Waals surface area contributed by atoms with Crippen LogP contribution in [0.2, 0.25) is 0 Å². The maximum Gasteiger partial charge on any atom is 0.306 e. The van der Waals surface area contributed by atoms with Crippen molar-refractivity contribution in [2.24, 2.45) is 0 Å². The lowest BCUT2D eigenvalue weighted by Crippen LogP contribution is -2.30. The highest BCUT2D eigenvalue weighted by atomic mass is 16.6. The van der Waals surface area contributed by atoms with Crippen LogP contribution in [0.5, 0.6) is 0 Å². The summed E-state index contributed by atoms with van der Waals surface area (Å²) in [7, 11) is 0. The van der Waals surface area contributed by atoms with Gasteiger partial charge in [0.2, 0.25) is 0 Å². The van der Waals surface area contributed by atoms with Crippen LogP contribution in [-0.4, -0.2) is 37.2 Å². The highest BCUT2D eigenvalue weighted by Crippen LogP contribution is 2.17. The number of rotatable bonds is 57. The summed E-state index contributed by atoms with van der Waals surface area (Å²) < 4.78 is 16.8. The molecule has 0 aliphatic carbocycles. The molecule has 0 bridgehead atoms. The third kappa shape index (κ3) is 58.0. The zero-order valence-corrected chi connectivity index (χ0v) is 47.9. The molecule has 418 valence electrons. The van der Waals surface area contributed by atoms with Gasteiger partial charge in [-0.15, -0.1) is 0 Å². The Labute approximate surface area is 447 Å². The summed E-state index contributed by atoms with van der Waals surface area (Å²) in [6.45, 7) is 6.48. The van der Waals surface area contributed by atoms with E-state index in [1.54, 1.807) is 0 Å². The van der Waals surface area contributed by atoms with Crippen LogP contribution in [0.4, 0.5) is 0 Å². The Morgan fingerprint density at radius 3 is 0.903 bits per heavy atom. The molecule has 0 saturated heterocycles. The van der Waals surface area contributed by atoms with Crippen LogP contribution >= 0.6 is 0 Å². The van der Waals surface area contributed by atoms with Gasteiger partial charge in [-0.3, -0.25) is 14.4 Å². The lowest BCUT2D eigenvalue weighted by Gasteiger charge is -2.18. The van der Waals surface area contributed by atoms with E-state index in [0.717, 1.165) is 96.3 Å². The molecular formula is C66H118O6. The fourth-order valence-electron chi connectivity index (χ4n) is 9.06. The minimum Gasteiger partial charge on any atom is -0.462 e. The lowest BCUT2D eigenvalue weighted by molar-refractivity contribution is -0.167. The molecule has 6 heteroatoms. The summed E-state index contributed by atoms with van der Waals surface area (Å²) in [6, 6.07) is 0. The molecule has 1 unspecified atom stereocenters. The van der Waals surface area contributed by atoms with E-state index in [4.69, 9.17) is 14.2 Å². The van der Waals surface area contributed by atoms with Crippen LogP contribution in [0.3, 0.4) is 0 Å². The zero-order chi connectivity index (χ0) is 52.2. The molecule has 0 amide bonds. The molecule has 1 atom stereocenters. The summed E-state index contributed by atoms with van der Waals surface area (Å²) in [6.07, 6.45) is 77.0. The van der Waals surface area contributed by atoms with E-state index >= 15 is 0 Å². The molecular weight excluding hydrogens is 889 g/mol. The standard InChI is InChI=1S/C66H118O6/c1-4-7-10-13-16-19-21-22-23-24-25-26-27-28-29-30-31-32-33-34-35-36-37-38-39-40-41-42-43-44-46-47-50-53-56-59-65(68)71-62-63(61-70-64(67)58-55-52-49-18-15-12-9-6-3)72-66(69)60-57-54-51-48-45-20-17-14-11-8-5-2/h7,10,14,16-17,19,22-23,25-26,63H,4-6,8-9,11-13,15,18,20-21,24,27-62H2,1-3H3/b10-7-,17-14-,19-16-,23-22-,26-25-. The van der Waals surface area contributed by atoms with E-state index < -0.39 is 6.10 Å². The zero-order valence-electron chi connectivity index (χ0n) is 47.9. The van der Waals surface area contributed by atoms with Crippen LogP contribution in [0, 0.1) is 0 Å². The van der Waals surface area contributed by atoms with Gasteiger partial charge in [-0.05, 0) is 77.0 Å². The summed E-state index contributed by atoms with van der Waals surface area (Å²) in [5.41, 5.74) is 0. The number of carbonyl (C=O) groups excluding carboxylic acids is 3. The van der Waals surface area contributed by atoms with Gasteiger partial charge in [-0.1, -0.05) is 287 Å². The Balaban J connectivity index is 3.90. The van der Waals surface area contributed by atoms with Crippen molar-refractivity contribution in [2.45, 2.75) is 329 Å². The predicted octanol–water partition coefficient (Wildman–Crippen LogP) is 21.2. The molecule has 0 N–H and O–H groups in total. The Morgan fingerprint density at radius 2 is 0.556 bits per heavy atom. The summed E-state index contributed by atoms with van der Waals surface area (Å²) in [5.74, 6) is -0.873. The minimum atomic E-state index is -0.771. The maximum atomic E-state index is 12.8. The fraction of sp³-hybridized carbons (Fsp3) is 0.803. The number of hydrogen-bond donors (Lipinski definition) is 0. The third-order valence-electron chi connectivity index (χ3n) is 13.8. The van der Waals surface area contributed by atoms with Gasteiger partial charge in [0.15, 0.2) is 6.10 Å². The minimum absolute atomic E-state index is 0.0722. The molecule has 0 aliphatic rings. The van der Waals surface area contributed by atoms with Crippen molar-refractivity contribution in [2.75, 3.05) is 13.2 Å². The number of esters is 3. The summed E-state index contributed by atoms with van der Waals surface area (Å²) in [5, 5.41) is 0. The lowest BCUT2D eigenvalue weighted by atomic mass is 10.0.